The standard InChI is InChI=1S/C16H20N2O4/c1-10(2)6-14(19)15(20)18-13(16(21)22)8-11-4-3-5-12(7-11)9-17/h3-5,7,10,13-14,19H,6,8H2,1-2H3,(H,18,20)(H,21,22)/t13-,14+/m0/s1. The predicted octanol–water partition coefficient (Wildman–Crippen LogP) is 1.08. The van der Waals surface area contributed by atoms with Crippen LogP contribution in [-0.4, -0.2) is 34.2 Å². The SMILES string of the molecule is CC(C)C[C@@H](O)C(=O)N[C@@H](Cc1cccc(C#N)c1)C(=O)O. The molecule has 0 bridgehead atoms. The monoisotopic (exact) mass is 304 g/mol. The van der Waals surface area contributed by atoms with Crippen molar-refractivity contribution in [2.45, 2.75) is 38.8 Å². The Morgan fingerprint density at radius 1 is 1.36 bits per heavy atom. The summed E-state index contributed by atoms with van der Waals surface area (Å²) in [6, 6.07) is 7.36. The molecule has 1 aromatic carbocycles. The van der Waals surface area contributed by atoms with Gasteiger partial charge in [-0.2, -0.15) is 5.26 Å². The van der Waals surface area contributed by atoms with Gasteiger partial charge in [-0.05, 0) is 30.0 Å². The van der Waals surface area contributed by atoms with Gasteiger partial charge in [0.05, 0.1) is 11.6 Å². The highest BCUT2D eigenvalue weighted by molar-refractivity contribution is 5.86. The second-order valence-corrected chi connectivity index (χ2v) is 5.56. The van der Waals surface area contributed by atoms with E-state index in [9.17, 15) is 19.8 Å². The first kappa shape index (κ1) is 17.7. The van der Waals surface area contributed by atoms with Gasteiger partial charge >= 0.3 is 5.97 Å². The number of nitrogens with one attached hydrogen (secondary N) is 1. The normalized spacial score (nSPS) is 13.2. The zero-order chi connectivity index (χ0) is 16.7. The molecular weight excluding hydrogens is 284 g/mol. The third-order valence-electron chi connectivity index (χ3n) is 3.11. The van der Waals surface area contributed by atoms with Crippen molar-refractivity contribution in [1.29, 1.82) is 5.26 Å². The molecule has 0 radical (unpaired) electrons. The van der Waals surface area contributed by atoms with Crippen LogP contribution < -0.4 is 5.32 Å². The van der Waals surface area contributed by atoms with Crippen molar-refractivity contribution in [3.63, 3.8) is 0 Å². The van der Waals surface area contributed by atoms with E-state index in [4.69, 9.17) is 5.26 Å². The summed E-state index contributed by atoms with van der Waals surface area (Å²) in [5.74, 6) is -1.76. The molecule has 2 atom stereocenters. The number of benzene rings is 1. The number of hydrogen-bond acceptors (Lipinski definition) is 4. The summed E-state index contributed by atoms with van der Waals surface area (Å²) >= 11 is 0. The molecule has 0 saturated heterocycles. The van der Waals surface area contributed by atoms with Gasteiger partial charge in [0, 0.05) is 6.42 Å². The van der Waals surface area contributed by atoms with Gasteiger partial charge in [-0.1, -0.05) is 26.0 Å². The number of carbonyl (C=O) groups excluding carboxylic acids is 1. The fourth-order valence-corrected chi connectivity index (χ4v) is 2.03. The van der Waals surface area contributed by atoms with E-state index in [0.29, 0.717) is 11.1 Å². The van der Waals surface area contributed by atoms with Crippen molar-refractivity contribution in [3.8, 4) is 6.07 Å². The van der Waals surface area contributed by atoms with Crippen molar-refractivity contribution < 1.29 is 19.8 Å². The van der Waals surface area contributed by atoms with Crippen LogP contribution in [0.2, 0.25) is 0 Å². The number of nitrogens with zero attached hydrogens (tertiary/aromatic N) is 1. The quantitative estimate of drug-likeness (QED) is 0.698. The van der Waals surface area contributed by atoms with Gasteiger partial charge in [0.15, 0.2) is 0 Å². The van der Waals surface area contributed by atoms with Crippen molar-refractivity contribution in [2.75, 3.05) is 0 Å². The molecule has 0 aliphatic carbocycles. The predicted molar refractivity (Wildman–Crippen MR) is 79.9 cm³/mol. The highest BCUT2D eigenvalue weighted by atomic mass is 16.4. The lowest BCUT2D eigenvalue weighted by molar-refractivity contribution is -0.143. The first-order chi connectivity index (χ1) is 10.3. The number of nitriles is 1. The Morgan fingerprint density at radius 2 is 2.05 bits per heavy atom. The molecule has 22 heavy (non-hydrogen) atoms. The number of hydrogen-bond donors (Lipinski definition) is 3. The molecule has 0 saturated carbocycles. The average molecular weight is 304 g/mol. The van der Waals surface area contributed by atoms with Crippen molar-refractivity contribution in [1.82, 2.24) is 5.32 Å². The number of carbonyl (C=O) groups is 2. The lowest BCUT2D eigenvalue weighted by Crippen LogP contribution is -2.46. The number of aliphatic hydroxyl groups excluding tert-OH is 1. The molecule has 1 amide bonds. The summed E-state index contributed by atoms with van der Waals surface area (Å²) < 4.78 is 0. The molecular formula is C16H20N2O4. The van der Waals surface area contributed by atoms with Crippen molar-refractivity contribution in [3.05, 3.63) is 35.4 Å². The first-order valence-corrected chi connectivity index (χ1v) is 7.03. The summed E-state index contributed by atoms with van der Waals surface area (Å²) in [5.41, 5.74) is 1.05. The third kappa shape index (κ3) is 5.54. The summed E-state index contributed by atoms with van der Waals surface area (Å²) in [5, 5.41) is 30.1. The topological polar surface area (TPSA) is 110 Å². The highest BCUT2D eigenvalue weighted by Gasteiger charge is 2.24. The molecule has 0 aliphatic rings. The van der Waals surface area contributed by atoms with Crippen LogP contribution in [0.1, 0.15) is 31.4 Å². The molecule has 6 heteroatoms. The largest absolute Gasteiger partial charge is 0.480 e. The Bertz CT molecular complexity index is 578. The molecule has 0 aromatic heterocycles. The van der Waals surface area contributed by atoms with E-state index in [0.717, 1.165) is 0 Å². The Hall–Kier alpha value is -2.39. The number of amides is 1. The summed E-state index contributed by atoms with van der Waals surface area (Å²) in [6.45, 7) is 3.72. The van der Waals surface area contributed by atoms with Crippen LogP contribution in [0.3, 0.4) is 0 Å². The average Bonchev–Trinajstić information content (AvgIpc) is 2.45. The molecule has 1 aromatic rings. The fraction of sp³-hybridized carbons (Fsp3) is 0.438. The van der Waals surface area contributed by atoms with Crippen molar-refractivity contribution >= 4 is 11.9 Å². The van der Waals surface area contributed by atoms with Gasteiger partial charge in [0.1, 0.15) is 12.1 Å². The van der Waals surface area contributed by atoms with Gasteiger partial charge in [-0.3, -0.25) is 4.79 Å². The van der Waals surface area contributed by atoms with Crippen LogP contribution >= 0.6 is 0 Å². The van der Waals surface area contributed by atoms with Crippen LogP contribution in [0.25, 0.3) is 0 Å². The third-order valence-corrected chi connectivity index (χ3v) is 3.11. The number of rotatable bonds is 7. The molecule has 0 aliphatic heterocycles. The Balaban J connectivity index is 2.76. The van der Waals surface area contributed by atoms with E-state index < -0.39 is 24.0 Å². The van der Waals surface area contributed by atoms with E-state index >= 15 is 0 Å². The molecule has 118 valence electrons. The van der Waals surface area contributed by atoms with Gasteiger partial charge in [-0.15, -0.1) is 0 Å². The van der Waals surface area contributed by atoms with Gasteiger partial charge < -0.3 is 15.5 Å². The van der Waals surface area contributed by atoms with Crippen LogP contribution in [0.4, 0.5) is 0 Å². The first-order valence-electron chi connectivity index (χ1n) is 7.03. The zero-order valence-electron chi connectivity index (χ0n) is 12.6. The summed E-state index contributed by atoms with van der Waals surface area (Å²) in [4.78, 5) is 23.1. The molecule has 1 rings (SSSR count). The van der Waals surface area contributed by atoms with Crippen molar-refractivity contribution in [2.24, 2.45) is 5.92 Å². The number of carboxylic acid groups (broad SMARTS) is 1. The Labute approximate surface area is 129 Å². The maximum absolute atomic E-state index is 11.8. The van der Waals surface area contributed by atoms with E-state index in [2.05, 4.69) is 5.32 Å². The maximum atomic E-state index is 11.8. The number of aliphatic hydroxyl groups is 1. The smallest absolute Gasteiger partial charge is 0.326 e. The molecule has 0 fully saturated rings. The van der Waals surface area contributed by atoms with E-state index in [1.165, 1.54) is 0 Å². The minimum atomic E-state index is -1.23. The number of aliphatic carboxylic acids is 1. The minimum Gasteiger partial charge on any atom is -0.480 e. The summed E-state index contributed by atoms with van der Waals surface area (Å²) in [7, 11) is 0. The highest BCUT2D eigenvalue weighted by Crippen LogP contribution is 2.09. The van der Waals surface area contributed by atoms with Gasteiger partial charge in [-0.25, -0.2) is 4.79 Å². The molecule has 0 heterocycles. The van der Waals surface area contributed by atoms with Gasteiger partial charge in [0.25, 0.3) is 0 Å². The Kier molecular flexibility index (Phi) is 6.54. The minimum absolute atomic E-state index is 0.0466. The van der Waals surface area contributed by atoms with Crippen LogP contribution in [0.15, 0.2) is 24.3 Å². The van der Waals surface area contributed by atoms with E-state index in [1.807, 2.05) is 19.9 Å². The lowest BCUT2D eigenvalue weighted by atomic mass is 10.0. The number of carboxylic acids is 1. The second-order valence-electron chi connectivity index (χ2n) is 5.56. The molecule has 0 unspecified atom stereocenters. The van der Waals surface area contributed by atoms with Crippen LogP contribution in [-0.2, 0) is 16.0 Å². The molecule has 0 spiro atoms. The summed E-state index contributed by atoms with van der Waals surface area (Å²) in [6.07, 6.45) is -0.917. The molecule has 3 N–H and O–H groups in total. The zero-order valence-corrected chi connectivity index (χ0v) is 12.6. The Morgan fingerprint density at radius 3 is 2.59 bits per heavy atom. The molecule has 6 nitrogen and oxygen atoms in total. The van der Waals surface area contributed by atoms with E-state index in [-0.39, 0.29) is 18.8 Å². The maximum Gasteiger partial charge on any atom is 0.326 e. The van der Waals surface area contributed by atoms with Crippen LogP contribution in [0, 0.1) is 17.2 Å². The fourth-order valence-electron chi connectivity index (χ4n) is 2.03. The lowest BCUT2D eigenvalue weighted by Gasteiger charge is -2.18. The van der Waals surface area contributed by atoms with Crippen LogP contribution in [0.5, 0.6) is 0 Å². The van der Waals surface area contributed by atoms with E-state index in [1.54, 1.807) is 24.3 Å². The van der Waals surface area contributed by atoms with Gasteiger partial charge in [0.2, 0.25) is 5.91 Å². The second kappa shape index (κ2) is 8.15.